The molecule has 5 nitrogen and oxygen atoms in total. The molecule has 1 aromatic rings. The summed E-state index contributed by atoms with van der Waals surface area (Å²) in [6.45, 7) is 6.84. The van der Waals surface area contributed by atoms with Gasteiger partial charge in [-0.3, -0.25) is 4.79 Å². The number of para-hydroxylation sites is 1. The van der Waals surface area contributed by atoms with Crippen LogP contribution in [0.1, 0.15) is 26.3 Å². The smallest absolute Gasteiger partial charge is 0.260 e. The average Bonchev–Trinajstić information content (AvgIpc) is 2.45. The van der Waals surface area contributed by atoms with Gasteiger partial charge in [-0.05, 0) is 32.9 Å². The molecule has 1 amide bonds. The zero-order valence-electron chi connectivity index (χ0n) is 11.6. The van der Waals surface area contributed by atoms with Crippen molar-refractivity contribution in [2.75, 3.05) is 19.7 Å². The monoisotopic (exact) mass is 264 g/mol. The van der Waals surface area contributed by atoms with E-state index < -0.39 is 0 Å². The van der Waals surface area contributed by atoms with Gasteiger partial charge in [0.1, 0.15) is 5.75 Å². The largest absolute Gasteiger partial charge is 0.483 e. The van der Waals surface area contributed by atoms with Gasteiger partial charge in [0.15, 0.2) is 6.61 Å². The Morgan fingerprint density at radius 1 is 1.32 bits per heavy atom. The number of hydrogen-bond acceptors (Lipinski definition) is 4. The van der Waals surface area contributed by atoms with Crippen LogP contribution in [0.25, 0.3) is 0 Å². The summed E-state index contributed by atoms with van der Waals surface area (Å²) in [7, 11) is 0. The molecule has 0 radical (unpaired) electrons. The quantitative estimate of drug-likeness (QED) is 0.486. The van der Waals surface area contributed by atoms with Gasteiger partial charge in [0.25, 0.3) is 5.91 Å². The van der Waals surface area contributed by atoms with E-state index >= 15 is 0 Å². The van der Waals surface area contributed by atoms with Crippen LogP contribution in [0.2, 0.25) is 0 Å². The molecule has 0 fully saturated rings. The highest BCUT2D eigenvalue weighted by molar-refractivity contribution is 6.00. The van der Waals surface area contributed by atoms with Crippen molar-refractivity contribution in [3.8, 4) is 5.75 Å². The van der Waals surface area contributed by atoms with Crippen LogP contribution < -0.4 is 4.74 Å². The van der Waals surface area contributed by atoms with Crippen LogP contribution in [0.4, 0.5) is 0 Å². The Morgan fingerprint density at radius 2 is 1.95 bits per heavy atom. The molecule has 104 valence electrons. The summed E-state index contributed by atoms with van der Waals surface area (Å²) >= 11 is 0. The molecule has 0 aliphatic rings. The van der Waals surface area contributed by atoms with E-state index in [1.54, 1.807) is 24.0 Å². The molecule has 1 N–H and O–H groups in total. The number of likely N-dealkylation sites (N-methyl/N-ethyl adjacent to an activating group) is 1. The molecule has 19 heavy (non-hydrogen) atoms. The third-order valence-electron chi connectivity index (χ3n) is 2.89. The first-order chi connectivity index (χ1) is 9.13. The number of nitrogens with zero attached hydrogens (tertiary/aromatic N) is 2. The molecule has 1 rings (SSSR count). The Labute approximate surface area is 113 Å². The highest BCUT2D eigenvalue weighted by Crippen LogP contribution is 2.18. The summed E-state index contributed by atoms with van der Waals surface area (Å²) in [6, 6.07) is 7.17. The minimum Gasteiger partial charge on any atom is -0.483 e. The van der Waals surface area contributed by atoms with E-state index in [1.165, 1.54) is 0 Å². The van der Waals surface area contributed by atoms with E-state index in [0.29, 0.717) is 30.1 Å². The normalized spacial score (nSPS) is 11.2. The highest BCUT2D eigenvalue weighted by Gasteiger charge is 2.12. The van der Waals surface area contributed by atoms with E-state index in [9.17, 15) is 4.79 Å². The topological polar surface area (TPSA) is 62.1 Å². The van der Waals surface area contributed by atoms with Gasteiger partial charge in [-0.2, -0.15) is 0 Å². The SMILES string of the molecule is CCN(CC)C(=O)COc1ccccc1/C(C)=N/O. The molecule has 0 heterocycles. The van der Waals surface area contributed by atoms with Crippen molar-refractivity contribution in [1.29, 1.82) is 0 Å². The van der Waals surface area contributed by atoms with Crippen LogP contribution in [0.3, 0.4) is 0 Å². The Morgan fingerprint density at radius 3 is 2.53 bits per heavy atom. The molecule has 1 aromatic carbocycles. The van der Waals surface area contributed by atoms with Gasteiger partial charge in [0, 0.05) is 18.7 Å². The van der Waals surface area contributed by atoms with Crippen LogP contribution in [0, 0.1) is 0 Å². The summed E-state index contributed by atoms with van der Waals surface area (Å²) < 4.78 is 5.52. The molecule has 0 aromatic heterocycles. The Balaban J connectivity index is 2.76. The molecule has 0 saturated carbocycles. The van der Waals surface area contributed by atoms with Gasteiger partial charge in [-0.1, -0.05) is 17.3 Å². The van der Waals surface area contributed by atoms with Crippen LogP contribution in [0.5, 0.6) is 5.75 Å². The molecule has 0 spiro atoms. The van der Waals surface area contributed by atoms with Crippen LogP contribution >= 0.6 is 0 Å². The summed E-state index contributed by atoms with van der Waals surface area (Å²) in [5, 5.41) is 12.0. The van der Waals surface area contributed by atoms with Crippen molar-refractivity contribution in [2.24, 2.45) is 5.16 Å². The van der Waals surface area contributed by atoms with Gasteiger partial charge in [-0.25, -0.2) is 0 Å². The molecule has 0 aliphatic carbocycles. The van der Waals surface area contributed by atoms with Gasteiger partial charge >= 0.3 is 0 Å². The second kappa shape index (κ2) is 7.41. The van der Waals surface area contributed by atoms with E-state index in [0.717, 1.165) is 0 Å². The number of carbonyl (C=O) groups is 1. The first-order valence-corrected chi connectivity index (χ1v) is 6.32. The number of oxime groups is 1. The molecular formula is C14H20N2O3. The zero-order chi connectivity index (χ0) is 14.3. The second-order valence-electron chi connectivity index (χ2n) is 4.04. The Kier molecular flexibility index (Phi) is 5.85. The predicted octanol–water partition coefficient (Wildman–Crippen LogP) is 2.13. The molecule has 0 aliphatic heterocycles. The van der Waals surface area contributed by atoms with Crippen LogP contribution in [0.15, 0.2) is 29.4 Å². The maximum atomic E-state index is 11.9. The van der Waals surface area contributed by atoms with Crippen molar-refractivity contribution in [1.82, 2.24) is 4.90 Å². The third-order valence-corrected chi connectivity index (χ3v) is 2.89. The lowest BCUT2D eigenvalue weighted by molar-refractivity contribution is -0.132. The van der Waals surface area contributed by atoms with E-state index in [2.05, 4.69) is 5.16 Å². The fraction of sp³-hybridized carbons (Fsp3) is 0.429. The van der Waals surface area contributed by atoms with Gasteiger partial charge < -0.3 is 14.8 Å². The van der Waals surface area contributed by atoms with E-state index in [-0.39, 0.29) is 12.5 Å². The minimum absolute atomic E-state index is 0.0165. The molecule has 0 bridgehead atoms. The number of rotatable bonds is 6. The minimum atomic E-state index is -0.0570. The van der Waals surface area contributed by atoms with Gasteiger partial charge in [0.2, 0.25) is 0 Å². The number of ether oxygens (including phenoxy) is 1. The van der Waals surface area contributed by atoms with Crippen LogP contribution in [-0.4, -0.2) is 41.4 Å². The Hall–Kier alpha value is -2.04. The van der Waals surface area contributed by atoms with Gasteiger partial charge in [-0.15, -0.1) is 0 Å². The number of hydrogen-bond donors (Lipinski definition) is 1. The summed E-state index contributed by atoms with van der Waals surface area (Å²) in [6.07, 6.45) is 0. The lowest BCUT2D eigenvalue weighted by Crippen LogP contribution is -2.34. The summed E-state index contributed by atoms with van der Waals surface area (Å²) in [4.78, 5) is 13.6. The lowest BCUT2D eigenvalue weighted by Gasteiger charge is -2.19. The number of amides is 1. The standard InChI is InChI=1S/C14H20N2O3/c1-4-16(5-2)14(17)10-19-13-9-7-6-8-12(13)11(3)15-18/h6-9,18H,4-5,10H2,1-3H3/b15-11+. The van der Waals surface area contributed by atoms with E-state index in [1.807, 2.05) is 26.0 Å². The maximum Gasteiger partial charge on any atom is 0.260 e. The number of carbonyl (C=O) groups excluding carboxylic acids is 1. The first kappa shape index (κ1) is 15.0. The lowest BCUT2D eigenvalue weighted by atomic mass is 10.1. The average molecular weight is 264 g/mol. The molecule has 0 saturated heterocycles. The summed E-state index contributed by atoms with van der Waals surface area (Å²) in [5.74, 6) is 0.483. The molecule has 0 atom stereocenters. The predicted molar refractivity (Wildman–Crippen MR) is 73.9 cm³/mol. The van der Waals surface area contributed by atoms with Crippen molar-refractivity contribution < 1.29 is 14.7 Å². The fourth-order valence-electron chi connectivity index (χ4n) is 1.75. The molecule has 5 heteroatoms. The summed E-state index contributed by atoms with van der Waals surface area (Å²) in [5.41, 5.74) is 1.13. The van der Waals surface area contributed by atoms with Crippen LogP contribution in [-0.2, 0) is 4.79 Å². The van der Waals surface area contributed by atoms with Crippen molar-refractivity contribution in [3.05, 3.63) is 29.8 Å². The van der Waals surface area contributed by atoms with Crippen molar-refractivity contribution in [2.45, 2.75) is 20.8 Å². The van der Waals surface area contributed by atoms with Gasteiger partial charge in [0.05, 0.1) is 5.71 Å². The second-order valence-corrected chi connectivity index (χ2v) is 4.04. The van der Waals surface area contributed by atoms with E-state index in [4.69, 9.17) is 9.94 Å². The highest BCUT2D eigenvalue weighted by atomic mass is 16.5. The number of benzene rings is 1. The Bertz CT molecular complexity index is 454. The maximum absolute atomic E-state index is 11.9. The molecular weight excluding hydrogens is 244 g/mol. The molecule has 0 unspecified atom stereocenters. The first-order valence-electron chi connectivity index (χ1n) is 6.32. The third kappa shape index (κ3) is 3.98. The fourth-order valence-corrected chi connectivity index (χ4v) is 1.75. The van der Waals surface area contributed by atoms with Crippen molar-refractivity contribution >= 4 is 11.6 Å². The zero-order valence-corrected chi connectivity index (χ0v) is 11.6. The van der Waals surface area contributed by atoms with Crippen molar-refractivity contribution in [3.63, 3.8) is 0 Å².